The molecule has 4 amide bonds. The molecule has 16 heavy (non-hydrogen) atoms. The van der Waals surface area contributed by atoms with E-state index in [1.807, 2.05) is 0 Å². The molecule has 0 spiro atoms. The summed E-state index contributed by atoms with van der Waals surface area (Å²) in [5, 5.41) is 10.6. The molecule has 0 aromatic heterocycles. The van der Waals surface area contributed by atoms with Crippen LogP contribution in [0.15, 0.2) is 0 Å². The lowest BCUT2D eigenvalue weighted by molar-refractivity contribution is -0.138. The van der Waals surface area contributed by atoms with Crippen molar-refractivity contribution >= 4 is 17.8 Å². The number of likely N-dealkylation sites (N-methyl/N-ethyl adjacent to an activating group) is 2. The highest BCUT2D eigenvalue weighted by molar-refractivity contribution is 5.87. The van der Waals surface area contributed by atoms with Crippen molar-refractivity contribution in [3.8, 4) is 0 Å². The first-order valence-electron chi connectivity index (χ1n) is 4.52. The Kier molecular flexibility index (Phi) is 5.86. The van der Waals surface area contributed by atoms with Crippen LogP contribution < -0.4 is 10.8 Å². The van der Waals surface area contributed by atoms with Gasteiger partial charge in [-0.1, -0.05) is 0 Å². The molecule has 0 saturated heterocycles. The Morgan fingerprint density at radius 2 is 1.69 bits per heavy atom. The van der Waals surface area contributed by atoms with Gasteiger partial charge in [0.1, 0.15) is 13.1 Å². The summed E-state index contributed by atoms with van der Waals surface area (Å²) >= 11 is 0. The number of amides is 4. The zero-order chi connectivity index (χ0) is 12.7. The van der Waals surface area contributed by atoms with Crippen molar-refractivity contribution in [3.05, 3.63) is 0 Å². The van der Waals surface area contributed by atoms with Crippen LogP contribution >= 0.6 is 0 Å². The maximum absolute atomic E-state index is 11.5. The van der Waals surface area contributed by atoms with Gasteiger partial charge in [0.05, 0.1) is 0 Å². The van der Waals surface area contributed by atoms with E-state index in [-0.39, 0.29) is 13.1 Å². The summed E-state index contributed by atoms with van der Waals surface area (Å²) in [6, 6.07) is -0.395. The van der Waals surface area contributed by atoms with Crippen molar-refractivity contribution in [2.45, 2.75) is 0 Å². The van der Waals surface area contributed by atoms with Gasteiger partial charge >= 0.3 is 6.03 Å². The lowest BCUT2D eigenvalue weighted by atomic mass is 10.4. The predicted octanol–water partition coefficient (Wildman–Crippen LogP) is -1.78. The lowest BCUT2D eigenvalue weighted by Gasteiger charge is -2.20. The number of hydroxylamine groups is 1. The van der Waals surface area contributed by atoms with Crippen molar-refractivity contribution in [2.75, 3.05) is 34.2 Å². The van der Waals surface area contributed by atoms with Crippen LogP contribution in [0.3, 0.4) is 0 Å². The second-order valence-corrected chi connectivity index (χ2v) is 3.20. The summed E-state index contributed by atoms with van der Waals surface area (Å²) in [4.78, 5) is 35.6. The second-order valence-electron chi connectivity index (χ2n) is 3.20. The van der Waals surface area contributed by atoms with Gasteiger partial charge in [0.2, 0.25) is 5.91 Å². The lowest BCUT2D eigenvalue weighted by Crippen LogP contribution is -2.45. The number of carbonyl (C=O) groups is 3. The fraction of sp³-hybridized carbons (Fsp3) is 0.625. The molecule has 0 aromatic rings. The first kappa shape index (κ1) is 14.2. The van der Waals surface area contributed by atoms with Crippen LogP contribution in [0, 0.1) is 0 Å². The molecule has 0 aliphatic heterocycles. The molecule has 0 aliphatic rings. The van der Waals surface area contributed by atoms with Gasteiger partial charge in [0, 0.05) is 21.1 Å². The number of carbonyl (C=O) groups excluding carboxylic acids is 3. The fourth-order valence-corrected chi connectivity index (χ4v) is 0.925. The average molecular weight is 232 g/mol. The summed E-state index contributed by atoms with van der Waals surface area (Å²) in [6.07, 6.45) is 0. The smallest absolute Gasteiger partial charge is 0.317 e. The minimum absolute atomic E-state index is 0.144. The Labute approximate surface area is 93.1 Å². The van der Waals surface area contributed by atoms with Crippen molar-refractivity contribution in [1.29, 1.82) is 0 Å². The zero-order valence-corrected chi connectivity index (χ0v) is 9.48. The van der Waals surface area contributed by atoms with Crippen molar-refractivity contribution in [2.24, 2.45) is 0 Å². The summed E-state index contributed by atoms with van der Waals surface area (Å²) in [5.74, 6) is -1.10. The molecule has 0 radical (unpaired) electrons. The number of nitrogens with zero attached hydrogens (tertiary/aromatic N) is 2. The van der Waals surface area contributed by atoms with E-state index >= 15 is 0 Å². The van der Waals surface area contributed by atoms with Crippen LogP contribution in [-0.4, -0.2) is 67.1 Å². The van der Waals surface area contributed by atoms with Gasteiger partial charge in [0.25, 0.3) is 5.91 Å². The maximum Gasteiger partial charge on any atom is 0.317 e. The van der Waals surface area contributed by atoms with E-state index in [4.69, 9.17) is 5.21 Å². The molecule has 0 aliphatic carbocycles. The number of urea groups is 1. The molecule has 8 heteroatoms. The molecule has 0 aromatic carbocycles. The molecule has 0 heterocycles. The van der Waals surface area contributed by atoms with Crippen LogP contribution in [-0.2, 0) is 9.59 Å². The van der Waals surface area contributed by atoms with Gasteiger partial charge < -0.3 is 15.1 Å². The summed E-state index contributed by atoms with van der Waals surface area (Å²) in [7, 11) is 4.30. The molecular formula is C8H16N4O4. The number of hydrogen-bond donors (Lipinski definition) is 3. The Bertz CT molecular complexity index is 281. The number of nitrogens with one attached hydrogen (secondary N) is 2. The molecule has 8 nitrogen and oxygen atoms in total. The largest absolute Gasteiger partial charge is 0.341 e. The zero-order valence-electron chi connectivity index (χ0n) is 9.48. The highest BCUT2D eigenvalue weighted by atomic mass is 16.5. The highest BCUT2D eigenvalue weighted by Crippen LogP contribution is 1.90. The van der Waals surface area contributed by atoms with Crippen molar-refractivity contribution in [3.63, 3.8) is 0 Å². The molecular weight excluding hydrogens is 216 g/mol. The van der Waals surface area contributed by atoms with Crippen LogP contribution in [0.2, 0.25) is 0 Å². The van der Waals surface area contributed by atoms with Crippen LogP contribution in [0.4, 0.5) is 4.79 Å². The average Bonchev–Trinajstić information content (AvgIpc) is 2.27. The number of rotatable bonds is 4. The third kappa shape index (κ3) is 4.60. The van der Waals surface area contributed by atoms with Crippen LogP contribution in [0.5, 0.6) is 0 Å². The molecule has 0 rings (SSSR count). The van der Waals surface area contributed by atoms with Gasteiger partial charge in [-0.15, -0.1) is 0 Å². The molecule has 3 N–H and O–H groups in total. The monoisotopic (exact) mass is 232 g/mol. The fourth-order valence-electron chi connectivity index (χ4n) is 0.925. The molecule has 0 fully saturated rings. The normalized spacial score (nSPS) is 9.25. The minimum atomic E-state index is -0.696. The Hall–Kier alpha value is -1.83. The standard InChI is InChI=1S/C8H16N4O4/c1-9-8(15)12(3)5-7(14)11(2)4-6(13)10-16/h16H,4-5H2,1-3H3,(H,9,15)(H,10,13). The van der Waals surface area contributed by atoms with Crippen LogP contribution in [0.1, 0.15) is 0 Å². The van der Waals surface area contributed by atoms with Crippen LogP contribution in [0.25, 0.3) is 0 Å². The molecule has 0 atom stereocenters. The van der Waals surface area contributed by atoms with E-state index in [0.29, 0.717) is 0 Å². The van der Waals surface area contributed by atoms with Gasteiger partial charge in [-0.3, -0.25) is 14.8 Å². The van der Waals surface area contributed by atoms with Gasteiger partial charge in [0.15, 0.2) is 0 Å². The number of hydrogen-bond acceptors (Lipinski definition) is 4. The van der Waals surface area contributed by atoms with E-state index in [9.17, 15) is 14.4 Å². The maximum atomic E-state index is 11.5. The summed E-state index contributed by atoms with van der Waals surface area (Å²) in [5.41, 5.74) is 1.41. The van der Waals surface area contributed by atoms with E-state index in [0.717, 1.165) is 4.90 Å². The second kappa shape index (κ2) is 6.62. The first-order chi connectivity index (χ1) is 7.42. The topological polar surface area (TPSA) is 102 Å². The van der Waals surface area contributed by atoms with Gasteiger partial charge in [-0.05, 0) is 0 Å². The Morgan fingerprint density at radius 3 is 2.12 bits per heavy atom. The summed E-state index contributed by atoms with van der Waals surface area (Å²) < 4.78 is 0. The predicted molar refractivity (Wildman–Crippen MR) is 54.7 cm³/mol. The van der Waals surface area contributed by atoms with Gasteiger partial charge in [-0.2, -0.15) is 0 Å². The quantitative estimate of drug-likeness (QED) is 0.394. The third-order valence-corrected chi connectivity index (χ3v) is 1.86. The third-order valence-electron chi connectivity index (χ3n) is 1.86. The minimum Gasteiger partial charge on any atom is -0.341 e. The Morgan fingerprint density at radius 1 is 1.12 bits per heavy atom. The van der Waals surface area contributed by atoms with E-state index in [2.05, 4.69) is 5.32 Å². The SMILES string of the molecule is CNC(=O)N(C)CC(=O)N(C)CC(=O)NO. The van der Waals surface area contributed by atoms with E-state index in [1.165, 1.54) is 31.5 Å². The van der Waals surface area contributed by atoms with Crippen molar-refractivity contribution < 1.29 is 19.6 Å². The molecule has 0 saturated carbocycles. The summed E-state index contributed by atoms with van der Waals surface area (Å²) in [6.45, 7) is -0.411. The molecule has 0 unspecified atom stereocenters. The van der Waals surface area contributed by atoms with Crippen molar-refractivity contribution in [1.82, 2.24) is 20.6 Å². The molecule has 92 valence electrons. The Balaban J connectivity index is 4.15. The highest BCUT2D eigenvalue weighted by Gasteiger charge is 2.16. The van der Waals surface area contributed by atoms with Gasteiger partial charge in [-0.25, -0.2) is 10.3 Å². The van der Waals surface area contributed by atoms with E-state index < -0.39 is 17.8 Å². The first-order valence-corrected chi connectivity index (χ1v) is 4.52. The van der Waals surface area contributed by atoms with E-state index in [1.54, 1.807) is 0 Å². The molecule has 0 bridgehead atoms.